The van der Waals surface area contributed by atoms with Crippen LogP contribution in [0.2, 0.25) is 0 Å². The number of anilines is 1. The minimum absolute atomic E-state index is 0.142. The van der Waals surface area contributed by atoms with Crippen LogP contribution in [0.4, 0.5) is 5.82 Å². The fourth-order valence-electron chi connectivity index (χ4n) is 3.97. The van der Waals surface area contributed by atoms with Crippen LogP contribution in [-0.4, -0.2) is 36.3 Å². The summed E-state index contributed by atoms with van der Waals surface area (Å²) in [6, 6.07) is 7.68. The molecule has 166 valence electrons. The van der Waals surface area contributed by atoms with Gasteiger partial charge in [-0.15, -0.1) is 10.2 Å². The maximum Gasteiger partial charge on any atom is 0.259 e. The maximum absolute atomic E-state index is 13.3. The number of nitrogens with one attached hydrogen (secondary N) is 1. The van der Waals surface area contributed by atoms with E-state index in [1.165, 1.54) is 6.42 Å². The Morgan fingerprint density at radius 1 is 1.16 bits per heavy atom. The Hall–Kier alpha value is -2.89. The second kappa shape index (κ2) is 9.50. The Kier molecular flexibility index (Phi) is 6.98. The molecular formula is C25H34N4O2. The van der Waals surface area contributed by atoms with Crippen LogP contribution >= 0.6 is 0 Å². The van der Waals surface area contributed by atoms with Crippen molar-refractivity contribution in [2.75, 3.05) is 25.1 Å². The molecule has 31 heavy (non-hydrogen) atoms. The summed E-state index contributed by atoms with van der Waals surface area (Å²) in [5, 5.41) is 12.2. The second-order valence-corrected chi connectivity index (χ2v) is 9.03. The van der Waals surface area contributed by atoms with Gasteiger partial charge >= 0.3 is 0 Å². The second-order valence-electron chi connectivity index (χ2n) is 9.03. The van der Waals surface area contributed by atoms with E-state index in [0.29, 0.717) is 22.5 Å². The summed E-state index contributed by atoms with van der Waals surface area (Å²) in [6.07, 6.45) is 5.19. The van der Waals surface area contributed by atoms with Crippen molar-refractivity contribution in [2.45, 2.75) is 53.9 Å². The van der Waals surface area contributed by atoms with E-state index in [1.807, 2.05) is 51.1 Å². The summed E-state index contributed by atoms with van der Waals surface area (Å²) in [7, 11) is 1.64. The third kappa shape index (κ3) is 5.24. The van der Waals surface area contributed by atoms with Crippen LogP contribution in [0.3, 0.4) is 0 Å². The van der Waals surface area contributed by atoms with Gasteiger partial charge in [0.15, 0.2) is 5.82 Å². The van der Waals surface area contributed by atoms with Crippen LogP contribution in [-0.2, 0) is 0 Å². The zero-order valence-electron chi connectivity index (χ0n) is 19.6. The zero-order chi connectivity index (χ0) is 22.6. The third-order valence-electron chi connectivity index (χ3n) is 6.17. The van der Waals surface area contributed by atoms with Crippen LogP contribution in [0.5, 0.6) is 5.75 Å². The number of benzene rings is 1. The number of aromatic nitrogens is 2. The van der Waals surface area contributed by atoms with Gasteiger partial charge in [0.05, 0.1) is 18.4 Å². The molecule has 3 rings (SSSR count). The molecule has 1 N–H and O–H groups in total. The summed E-state index contributed by atoms with van der Waals surface area (Å²) >= 11 is 0. The molecule has 0 spiro atoms. The van der Waals surface area contributed by atoms with E-state index >= 15 is 0 Å². The van der Waals surface area contributed by atoms with Gasteiger partial charge in [0, 0.05) is 24.4 Å². The van der Waals surface area contributed by atoms with Crippen LogP contribution in [0.25, 0.3) is 11.3 Å². The molecule has 0 radical (unpaired) electrons. The molecule has 2 heterocycles. The first kappa shape index (κ1) is 22.8. The standard InChI is InChI=1S/C25H34N4O2/c1-7-17(2)26-24(30)21-18(3)22(19-9-11-20(31-6)12-10-19)27-28-23(21)29-15-8-13-25(4,5)14-16-29/h7,9-12H,8,13-16H2,1-6H3,(H,26,30)/b17-7+. The van der Waals surface area contributed by atoms with E-state index < -0.39 is 0 Å². The highest BCUT2D eigenvalue weighted by molar-refractivity contribution is 6.02. The molecule has 2 aromatic rings. The normalized spacial score (nSPS) is 16.6. The Morgan fingerprint density at radius 3 is 2.52 bits per heavy atom. The average Bonchev–Trinajstić information content (AvgIpc) is 2.93. The molecule has 1 aromatic carbocycles. The first-order valence-electron chi connectivity index (χ1n) is 11.0. The number of amides is 1. The van der Waals surface area contributed by atoms with E-state index in [2.05, 4.69) is 34.3 Å². The predicted molar refractivity (Wildman–Crippen MR) is 125 cm³/mol. The van der Waals surface area contributed by atoms with Gasteiger partial charge in [-0.3, -0.25) is 4.79 Å². The van der Waals surface area contributed by atoms with Gasteiger partial charge in [0.2, 0.25) is 0 Å². The fraction of sp³-hybridized carbons (Fsp3) is 0.480. The van der Waals surface area contributed by atoms with Crippen molar-refractivity contribution in [3.05, 3.63) is 47.2 Å². The molecule has 1 aliphatic rings. The summed E-state index contributed by atoms with van der Waals surface area (Å²) in [4.78, 5) is 15.6. The number of rotatable bonds is 5. The lowest BCUT2D eigenvalue weighted by atomic mass is 9.85. The molecule has 0 bridgehead atoms. The van der Waals surface area contributed by atoms with E-state index in [0.717, 1.165) is 48.5 Å². The molecule has 6 nitrogen and oxygen atoms in total. The van der Waals surface area contributed by atoms with E-state index in [4.69, 9.17) is 4.74 Å². The number of carbonyl (C=O) groups excluding carboxylic acids is 1. The van der Waals surface area contributed by atoms with Gasteiger partial charge in [0.1, 0.15) is 5.75 Å². The van der Waals surface area contributed by atoms with Gasteiger partial charge in [-0.05, 0) is 75.3 Å². The number of allylic oxidation sites excluding steroid dienone is 2. The molecule has 0 atom stereocenters. The number of nitrogens with zero attached hydrogens (tertiary/aromatic N) is 3. The quantitative estimate of drug-likeness (QED) is 0.723. The van der Waals surface area contributed by atoms with Crippen molar-refractivity contribution < 1.29 is 9.53 Å². The molecule has 1 amide bonds. The number of hydrogen-bond donors (Lipinski definition) is 1. The Morgan fingerprint density at radius 2 is 1.87 bits per heavy atom. The highest BCUT2D eigenvalue weighted by Crippen LogP contribution is 2.34. The van der Waals surface area contributed by atoms with E-state index in [9.17, 15) is 4.79 Å². The predicted octanol–water partition coefficient (Wildman–Crippen LogP) is 5.13. The monoisotopic (exact) mass is 422 g/mol. The molecule has 1 aliphatic heterocycles. The summed E-state index contributed by atoms with van der Waals surface area (Å²) in [5.41, 5.74) is 4.16. The molecule has 1 fully saturated rings. The van der Waals surface area contributed by atoms with Crippen LogP contribution in [0.15, 0.2) is 36.0 Å². The first-order valence-corrected chi connectivity index (χ1v) is 11.0. The molecular weight excluding hydrogens is 388 g/mol. The van der Waals surface area contributed by atoms with Crippen molar-refractivity contribution in [3.8, 4) is 17.0 Å². The molecule has 0 saturated carbocycles. The highest BCUT2D eigenvalue weighted by Gasteiger charge is 2.28. The third-order valence-corrected chi connectivity index (χ3v) is 6.17. The SMILES string of the molecule is C/C=C(\C)NC(=O)c1c(N2CCCC(C)(C)CC2)nnc(-c2ccc(OC)cc2)c1C. The van der Waals surface area contributed by atoms with Gasteiger partial charge in [0.25, 0.3) is 5.91 Å². The maximum atomic E-state index is 13.3. The molecule has 0 unspecified atom stereocenters. The van der Waals surface area contributed by atoms with Crippen LogP contribution < -0.4 is 15.0 Å². The van der Waals surface area contributed by atoms with E-state index in [1.54, 1.807) is 7.11 Å². The minimum atomic E-state index is -0.142. The molecule has 1 saturated heterocycles. The van der Waals surface area contributed by atoms with Crippen molar-refractivity contribution in [3.63, 3.8) is 0 Å². The zero-order valence-corrected chi connectivity index (χ0v) is 19.6. The van der Waals surface area contributed by atoms with Gasteiger partial charge in [-0.1, -0.05) is 19.9 Å². The minimum Gasteiger partial charge on any atom is -0.497 e. The lowest BCUT2D eigenvalue weighted by Gasteiger charge is -2.26. The first-order chi connectivity index (χ1) is 14.8. The lowest BCUT2D eigenvalue weighted by molar-refractivity contribution is 0.0965. The summed E-state index contributed by atoms with van der Waals surface area (Å²) < 4.78 is 5.27. The van der Waals surface area contributed by atoms with Crippen molar-refractivity contribution >= 4 is 11.7 Å². The topological polar surface area (TPSA) is 67.4 Å². The van der Waals surface area contributed by atoms with Gasteiger partial charge in [-0.2, -0.15) is 0 Å². The van der Waals surface area contributed by atoms with Crippen molar-refractivity contribution in [2.24, 2.45) is 5.41 Å². The lowest BCUT2D eigenvalue weighted by Crippen LogP contribution is -2.32. The summed E-state index contributed by atoms with van der Waals surface area (Å²) in [6.45, 7) is 12.1. The highest BCUT2D eigenvalue weighted by atomic mass is 16.5. The Labute approximate surface area is 185 Å². The molecule has 1 aromatic heterocycles. The molecule has 6 heteroatoms. The van der Waals surface area contributed by atoms with Gasteiger partial charge < -0.3 is 15.0 Å². The van der Waals surface area contributed by atoms with Gasteiger partial charge in [-0.25, -0.2) is 0 Å². The van der Waals surface area contributed by atoms with Crippen LogP contribution in [0, 0.1) is 12.3 Å². The largest absolute Gasteiger partial charge is 0.497 e. The van der Waals surface area contributed by atoms with Crippen molar-refractivity contribution in [1.82, 2.24) is 15.5 Å². The number of hydrogen-bond acceptors (Lipinski definition) is 5. The van der Waals surface area contributed by atoms with Crippen molar-refractivity contribution in [1.29, 1.82) is 0 Å². The van der Waals surface area contributed by atoms with Crippen LogP contribution in [0.1, 0.15) is 62.9 Å². The smallest absolute Gasteiger partial charge is 0.259 e. The Balaban J connectivity index is 2.07. The average molecular weight is 423 g/mol. The number of ether oxygens (including phenoxy) is 1. The fourth-order valence-corrected chi connectivity index (χ4v) is 3.97. The molecule has 0 aliphatic carbocycles. The van der Waals surface area contributed by atoms with E-state index in [-0.39, 0.29) is 5.91 Å². The number of carbonyl (C=O) groups is 1. The Bertz CT molecular complexity index is 964. The number of methoxy groups -OCH3 is 1. The summed E-state index contributed by atoms with van der Waals surface area (Å²) in [5.74, 6) is 1.31.